The number of carbonyl (C=O) groups is 1. The molecule has 0 aliphatic carbocycles. The minimum Gasteiger partial charge on any atom is -0.506 e. The Bertz CT molecular complexity index is 657. The van der Waals surface area contributed by atoms with Crippen LogP contribution in [0.5, 0.6) is 5.75 Å². The van der Waals surface area contributed by atoms with E-state index in [1.54, 1.807) is 6.92 Å². The smallest absolute Gasteiger partial charge is 0.262 e. The summed E-state index contributed by atoms with van der Waals surface area (Å²) in [5.41, 5.74) is 1.02. The Labute approximate surface area is 104 Å². The zero-order valence-corrected chi connectivity index (χ0v) is 10.2. The predicted molar refractivity (Wildman–Crippen MR) is 68.9 cm³/mol. The quantitative estimate of drug-likeness (QED) is 0.795. The number of aromatic amines is 1. The third kappa shape index (κ3) is 1.93. The van der Waals surface area contributed by atoms with E-state index >= 15 is 0 Å². The number of carbonyl (C=O) groups excluding carboxylic acids is 1. The van der Waals surface area contributed by atoms with Gasteiger partial charge in [-0.1, -0.05) is 30.3 Å². The minimum absolute atomic E-state index is 0.195. The fraction of sp³-hybridized carbons (Fsp3) is 0.143. The number of aryl methyl sites for hydroxylation is 1. The van der Waals surface area contributed by atoms with Crippen LogP contribution in [0.1, 0.15) is 23.0 Å². The largest absolute Gasteiger partial charge is 0.506 e. The van der Waals surface area contributed by atoms with E-state index in [1.165, 1.54) is 6.92 Å². The molecule has 0 amide bonds. The van der Waals surface area contributed by atoms with Crippen LogP contribution in [-0.4, -0.2) is 15.9 Å². The summed E-state index contributed by atoms with van der Waals surface area (Å²) in [5, 5.41) is 10.1. The van der Waals surface area contributed by atoms with Crippen molar-refractivity contribution in [3.63, 3.8) is 0 Å². The number of rotatable bonds is 2. The van der Waals surface area contributed by atoms with Gasteiger partial charge in [0.15, 0.2) is 5.78 Å². The number of nitrogens with one attached hydrogen (secondary N) is 1. The molecular formula is C14H13NO3. The topological polar surface area (TPSA) is 70.2 Å². The summed E-state index contributed by atoms with van der Waals surface area (Å²) in [5.74, 6) is -0.708. The van der Waals surface area contributed by atoms with Crippen LogP contribution >= 0.6 is 0 Å². The third-order valence-corrected chi connectivity index (χ3v) is 2.79. The lowest BCUT2D eigenvalue weighted by Gasteiger charge is -2.10. The maximum absolute atomic E-state index is 11.6. The Hall–Kier alpha value is -2.36. The van der Waals surface area contributed by atoms with E-state index < -0.39 is 11.3 Å². The minimum atomic E-state index is -0.558. The molecule has 2 rings (SSSR count). The van der Waals surface area contributed by atoms with E-state index in [0.29, 0.717) is 11.3 Å². The van der Waals surface area contributed by atoms with Crippen molar-refractivity contribution in [2.75, 3.05) is 0 Å². The van der Waals surface area contributed by atoms with Gasteiger partial charge in [0.2, 0.25) is 0 Å². The molecule has 0 atom stereocenters. The number of ketones is 1. The number of aromatic nitrogens is 1. The number of hydrogen-bond acceptors (Lipinski definition) is 3. The van der Waals surface area contributed by atoms with Crippen molar-refractivity contribution in [3.8, 4) is 16.9 Å². The molecule has 0 spiro atoms. The lowest BCUT2D eigenvalue weighted by molar-refractivity contribution is 0.101. The van der Waals surface area contributed by atoms with Crippen molar-refractivity contribution in [3.05, 3.63) is 51.9 Å². The number of aromatic hydroxyl groups is 1. The van der Waals surface area contributed by atoms with Crippen molar-refractivity contribution in [2.45, 2.75) is 13.8 Å². The summed E-state index contributed by atoms with van der Waals surface area (Å²) in [6, 6.07) is 9.13. The number of pyridine rings is 1. The zero-order valence-electron chi connectivity index (χ0n) is 10.2. The predicted octanol–water partition coefficient (Wildman–Crippen LogP) is 2.26. The molecular weight excluding hydrogens is 230 g/mol. The van der Waals surface area contributed by atoms with Gasteiger partial charge >= 0.3 is 0 Å². The summed E-state index contributed by atoms with van der Waals surface area (Å²) in [6.07, 6.45) is 0. The molecule has 0 fully saturated rings. The second-order valence-electron chi connectivity index (χ2n) is 4.10. The Balaban J connectivity index is 2.81. The average molecular weight is 243 g/mol. The van der Waals surface area contributed by atoms with Crippen LogP contribution in [0.15, 0.2) is 35.1 Å². The molecule has 1 aromatic heterocycles. The van der Waals surface area contributed by atoms with Crippen LogP contribution in [-0.2, 0) is 0 Å². The fourth-order valence-electron chi connectivity index (χ4n) is 1.99. The summed E-state index contributed by atoms with van der Waals surface area (Å²) < 4.78 is 0. The molecule has 4 nitrogen and oxygen atoms in total. The lowest BCUT2D eigenvalue weighted by Crippen LogP contribution is -2.18. The maximum atomic E-state index is 11.6. The highest BCUT2D eigenvalue weighted by Gasteiger charge is 2.19. The normalized spacial score (nSPS) is 10.3. The lowest BCUT2D eigenvalue weighted by atomic mass is 9.99. The molecule has 1 aromatic carbocycles. The van der Waals surface area contributed by atoms with Crippen LogP contribution in [0.4, 0.5) is 0 Å². The van der Waals surface area contributed by atoms with Gasteiger partial charge in [0.1, 0.15) is 11.3 Å². The molecule has 0 saturated heterocycles. The molecule has 18 heavy (non-hydrogen) atoms. The summed E-state index contributed by atoms with van der Waals surface area (Å²) in [6.45, 7) is 2.95. The molecule has 4 heteroatoms. The Morgan fingerprint density at radius 3 is 2.39 bits per heavy atom. The van der Waals surface area contributed by atoms with Crippen molar-refractivity contribution >= 4 is 5.78 Å². The van der Waals surface area contributed by atoms with Gasteiger partial charge in [0.25, 0.3) is 5.56 Å². The van der Waals surface area contributed by atoms with Gasteiger partial charge in [-0.25, -0.2) is 0 Å². The number of Topliss-reactive ketones (excluding diaryl/α,β-unsaturated/α-hetero) is 1. The summed E-state index contributed by atoms with van der Waals surface area (Å²) in [4.78, 5) is 25.6. The van der Waals surface area contributed by atoms with Gasteiger partial charge in [0, 0.05) is 11.3 Å². The van der Waals surface area contributed by atoms with Crippen LogP contribution in [0.3, 0.4) is 0 Å². The molecule has 0 aliphatic rings. The summed E-state index contributed by atoms with van der Waals surface area (Å²) in [7, 11) is 0. The monoisotopic (exact) mass is 243 g/mol. The first-order valence-electron chi connectivity index (χ1n) is 5.54. The fourth-order valence-corrected chi connectivity index (χ4v) is 1.99. The van der Waals surface area contributed by atoms with Crippen molar-refractivity contribution in [2.24, 2.45) is 0 Å². The third-order valence-electron chi connectivity index (χ3n) is 2.79. The molecule has 0 unspecified atom stereocenters. The van der Waals surface area contributed by atoms with Gasteiger partial charge in [-0.05, 0) is 19.4 Å². The number of benzene rings is 1. The maximum Gasteiger partial charge on any atom is 0.262 e. The van der Waals surface area contributed by atoms with E-state index in [0.717, 1.165) is 5.56 Å². The molecule has 2 N–H and O–H groups in total. The first-order valence-corrected chi connectivity index (χ1v) is 5.54. The zero-order chi connectivity index (χ0) is 13.3. The molecule has 0 bridgehead atoms. The van der Waals surface area contributed by atoms with Crippen molar-refractivity contribution in [1.82, 2.24) is 4.98 Å². The van der Waals surface area contributed by atoms with Gasteiger partial charge in [0.05, 0.1) is 0 Å². The van der Waals surface area contributed by atoms with Gasteiger partial charge in [-0.2, -0.15) is 0 Å². The van der Waals surface area contributed by atoms with Gasteiger partial charge in [-0.15, -0.1) is 0 Å². The van der Waals surface area contributed by atoms with Crippen LogP contribution < -0.4 is 5.56 Å². The molecule has 1 heterocycles. The molecule has 0 aliphatic heterocycles. The summed E-state index contributed by atoms with van der Waals surface area (Å²) >= 11 is 0. The SMILES string of the molecule is CC(=O)c1c(O)c(-c2ccccc2)c(C)[nH]c1=O. The number of hydrogen-bond donors (Lipinski definition) is 2. The van der Waals surface area contributed by atoms with E-state index in [4.69, 9.17) is 0 Å². The Morgan fingerprint density at radius 1 is 1.22 bits per heavy atom. The van der Waals surface area contributed by atoms with Gasteiger partial charge in [-0.3, -0.25) is 9.59 Å². The van der Waals surface area contributed by atoms with Crippen LogP contribution in [0.2, 0.25) is 0 Å². The van der Waals surface area contributed by atoms with Crippen molar-refractivity contribution < 1.29 is 9.90 Å². The molecule has 0 saturated carbocycles. The molecule has 0 radical (unpaired) electrons. The van der Waals surface area contributed by atoms with Crippen molar-refractivity contribution in [1.29, 1.82) is 0 Å². The molecule has 2 aromatic rings. The van der Waals surface area contributed by atoms with Crippen LogP contribution in [0, 0.1) is 6.92 Å². The van der Waals surface area contributed by atoms with E-state index in [-0.39, 0.29) is 11.3 Å². The van der Waals surface area contributed by atoms with Crippen LogP contribution in [0.25, 0.3) is 11.1 Å². The van der Waals surface area contributed by atoms with E-state index in [2.05, 4.69) is 4.98 Å². The second kappa shape index (κ2) is 4.49. The Kier molecular flexibility index (Phi) is 3.02. The van der Waals surface area contributed by atoms with Gasteiger partial charge < -0.3 is 10.1 Å². The first kappa shape index (κ1) is 12.1. The molecule has 92 valence electrons. The van der Waals surface area contributed by atoms with E-state index in [1.807, 2.05) is 30.3 Å². The second-order valence-corrected chi connectivity index (χ2v) is 4.10. The average Bonchev–Trinajstić information content (AvgIpc) is 2.28. The number of H-pyrrole nitrogens is 1. The highest BCUT2D eigenvalue weighted by Crippen LogP contribution is 2.32. The first-order chi connectivity index (χ1) is 8.52. The van der Waals surface area contributed by atoms with E-state index in [9.17, 15) is 14.7 Å². The highest BCUT2D eigenvalue weighted by molar-refractivity contribution is 5.98. The highest BCUT2D eigenvalue weighted by atomic mass is 16.3. The standard InChI is InChI=1S/C14H13NO3/c1-8-11(10-6-4-3-5-7-10)13(17)12(9(2)16)14(18)15-8/h3-7H,1-2H3,(H2,15,17,18). The Morgan fingerprint density at radius 2 is 1.83 bits per heavy atom.